The molecule has 1 aliphatic heterocycles. The minimum atomic E-state index is -1.17. The molecule has 0 spiro atoms. The van der Waals surface area contributed by atoms with Crippen LogP contribution >= 0.6 is 0 Å². The number of hydrogen-bond acceptors (Lipinski definition) is 7. The maximum atomic E-state index is 12.1. The molecule has 0 aromatic heterocycles. The molecule has 0 aromatic rings. The molecule has 1 rings (SSSR count). The number of hydrogen-bond donors (Lipinski definition) is 0. The van der Waals surface area contributed by atoms with Crippen LogP contribution in [0.3, 0.4) is 0 Å². The maximum absolute atomic E-state index is 12.1. The predicted octanol–water partition coefficient (Wildman–Crippen LogP) is -0.0649. The number of likely N-dealkylation sites (N-methyl/N-ethyl adjacent to an activating group) is 1. The third kappa shape index (κ3) is 11.8. The predicted molar refractivity (Wildman–Crippen MR) is 98.8 cm³/mol. The van der Waals surface area contributed by atoms with Crippen LogP contribution in [0.1, 0.15) is 39.5 Å². The van der Waals surface area contributed by atoms with Gasteiger partial charge in [-0.05, 0) is 12.3 Å². The molecule has 29 heavy (non-hydrogen) atoms. The Morgan fingerprint density at radius 3 is 2.10 bits per heavy atom. The topological polar surface area (TPSA) is 113 Å². The molecule has 1 aliphatic rings. The van der Waals surface area contributed by atoms with Crippen molar-refractivity contribution < 1.29 is 71.1 Å². The van der Waals surface area contributed by atoms with Crippen LogP contribution in [-0.2, 0) is 61.5 Å². The summed E-state index contributed by atoms with van der Waals surface area (Å²) in [6, 6.07) is 0. The Morgan fingerprint density at radius 1 is 1.14 bits per heavy atom. The van der Waals surface area contributed by atoms with Gasteiger partial charge in [-0.25, -0.2) is 4.79 Å². The third-order valence-corrected chi connectivity index (χ3v) is 4.11. The average molecular weight is 490 g/mol. The second kappa shape index (κ2) is 13.4. The molecule has 165 valence electrons. The van der Waals surface area contributed by atoms with E-state index < -0.39 is 35.8 Å². The standard InChI is InChI=1S/C18H30N2O7.CH3.Y/c1-12(11-26-14(9-17(23)24)10-20(3,4)5)8-13(2)18(25)27-19-15(21)6-7-16(19)22;;/h12-14H,6-11H2,1-5H3;1H3;/q;-1;. The first-order valence-electron chi connectivity index (χ1n) is 9.08. The first kappa shape index (κ1) is 30.3. The summed E-state index contributed by atoms with van der Waals surface area (Å²) in [6.45, 7) is 4.31. The van der Waals surface area contributed by atoms with Crippen LogP contribution < -0.4 is 5.11 Å². The Labute approximate surface area is 198 Å². The second-order valence-electron chi connectivity index (χ2n) is 8.24. The van der Waals surface area contributed by atoms with E-state index in [1.54, 1.807) is 6.92 Å². The first-order chi connectivity index (χ1) is 12.4. The third-order valence-electron chi connectivity index (χ3n) is 4.11. The quantitative estimate of drug-likeness (QED) is 0.227. The van der Waals surface area contributed by atoms with Gasteiger partial charge in [-0.3, -0.25) is 9.59 Å². The fraction of sp³-hybridized carbons (Fsp3) is 0.737. The molecule has 1 radical (unpaired) electrons. The zero-order valence-corrected chi connectivity index (χ0v) is 21.1. The van der Waals surface area contributed by atoms with Crippen LogP contribution in [0.25, 0.3) is 0 Å². The molecule has 3 atom stereocenters. The summed E-state index contributed by atoms with van der Waals surface area (Å²) in [6.07, 6.45) is -0.163. The van der Waals surface area contributed by atoms with Crippen molar-refractivity contribution in [1.29, 1.82) is 0 Å². The number of hydroxylamine groups is 2. The molecule has 1 fully saturated rings. The zero-order valence-electron chi connectivity index (χ0n) is 18.3. The molecule has 0 aromatic carbocycles. The number of nitrogens with zero attached hydrogens (tertiary/aromatic N) is 2. The van der Waals surface area contributed by atoms with Crippen molar-refractivity contribution in [1.82, 2.24) is 5.06 Å². The fourth-order valence-corrected chi connectivity index (χ4v) is 2.88. The van der Waals surface area contributed by atoms with E-state index in [4.69, 9.17) is 9.57 Å². The average Bonchev–Trinajstić information content (AvgIpc) is 2.82. The van der Waals surface area contributed by atoms with E-state index in [1.807, 2.05) is 28.1 Å². The molecule has 10 heteroatoms. The molecule has 9 nitrogen and oxygen atoms in total. The molecular weight excluding hydrogens is 457 g/mol. The zero-order chi connectivity index (χ0) is 20.8. The van der Waals surface area contributed by atoms with Crippen LogP contribution in [0.2, 0.25) is 0 Å². The number of quaternary nitrogens is 1. The molecule has 0 saturated carbocycles. The molecule has 1 saturated heterocycles. The van der Waals surface area contributed by atoms with E-state index in [-0.39, 0.29) is 71.9 Å². The van der Waals surface area contributed by atoms with Crippen molar-refractivity contribution in [2.75, 3.05) is 34.3 Å². The Bertz CT molecular complexity index is 561. The van der Waals surface area contributed by atoms with E-state index in [2.05, 4.69) is 0 Å². The Morgan fingerprint density at radius 2 is 1.66 bits per heavy atom. The van der Waals surface area contributed by atoms with Gasteiger partial charge in [0.15, 0.2) is 0 Å². The normalized spacial score (nSPS) is 17.1. The molecule has 0 aliphatic carbocycles. The summed E-state index contributed by atoms with van der Waals surface area (Å²) in [5.74, 6) is -3.43. The van der Waals surface area contributed by atoms with Crippen molar-refractivity contribution in [3.05, 3.63) is 7.43 Å². The number of ether oxygens (including phenoxy) is 1. The van der Waals surface area contributed by atoms with Crippen LogP contribution in [0, 0.1) is 19.3 Å². The smallest absolute Gasteiger partial charge is 0.335 e. The van der Waals surface area contributed by atoms with E-state index in [0.717, 1.165) is 0 Å². The number of rotatable bonds is 11. The Balaban J connectivity index is 0. The number of aliphatic carboxylic acids is 1. The molecule has 0 bridgehead atoms. The van der Waals surface area contributed by atoms with Gasteiger partial charge < -0.3 is 31.4 Å². The molecule has 0 N–H and O–H groups in total. The summed E-state index contributed by atoms with van der Waals surface area (Å²) in [5, 5.41) is 11.4. The number of imide groups is 1. The van der Waals surface area contributed by atoms with Crippen LogP contribution in [0.5, 0.6) is 0 Å². The van der Waals surface area contributed by atoms with Gasteiger partial charge in [-0.2, -0.15) is 0 Å². The van der Waals surface area contributed by atoms with Gasteiger partial charge in [0.1, 0.15) is 12.6 Å². The minimum Gasteiger partial charge on any atom is -0.550 e. The van der Waals surface area contributed by atoms with Crippen molar-refractivity contribution >= 4 is 23.8 Å². The monoisotopic (exact) mass is 490 g/mol. The number of carbonyl (C=O) groups excluding carboxylic acids is 4. The van der Waals surface area contributed by atoms with Crippen molar-refractivity contribution in [2.24, 2.45) is 11.8 Å². The molecule has 2 amide bonds. The van der Waals surface area contributed by atoms with Gasteiger partial charge >= 0.3 is 5.97 Å². The van der Waals surface area contributed by atoms with Crippen molar-refractivity contribution in [3.8, 4) is 0 Å². The van der Waals surface area contributed by atoms with E-state index >= 15 is 0 Å². The summed E-state index contributed by atoms with van der Waals surface area (Å²) < 4.78 is 6.28. The number of carboxylic acids is 1. The minimum absolute atomic E-state index is 0. The molecular formula is C19H33N2O7Y-. The Kier molecular flexibility index (Phi) is 14.0. The molecule has 3 unspecified atom stereocenters. The van der Waals surface area contributed by atoms with Crippen molar-refractivity contribution in [3.63, 3.8) is 0 Å². The second-order valence-corrected chi connectivity index (χ2v) is 8.24. The summed E-state index contributed by atoms with van der Waals surface area (Å²) in [7, 11) is 5.82. The van der Waals surface area contributed by atoms with Crippen molar-refractivity contribution in [2.45, 2.75) is 45.6 Å². The summed E-state index contributed by atoms with van der Waals surface area (Å²) in [4.78, 5) is 50.9. The van der Waals surface area contributed by atoms with E-state index in [0.29, 0.717) is 22.5 Å². The fourth-order valence-electron chi connectivity index (χ4n) is 2.88. The number of amides is 2. The Hall–Kier alpha value is -0.896. The molecule has 1 heterocycles. The van der Waals surface area contributed by atoms with Gasteiger partial charge in [0.25, 0.3) is 11.8 Å². The first-order valence-corrected chi connectivity index (χ1v) is 9.08. The van der Waals surface area contributed by atoms with Gasteiger partial charge in [0.2, 0.25) is 0 Å². The van der Waals surface area contributed by atoms with Crippen LogP contribution in [0.15, 0.2) is 0 Å². The van der Waals surface area contributed by atoms with E-state index in [9.17, 15) is 24.3 Å². The van der Waals surface area contributed by atoms with Crippen LogP contribution in [-0.4, -0.2) is 73.7 Å². The van der Waals surface area contributed by atoms with Gasteiger partial charge in [0, 0.05) is 64.5 Å². The van der Waals surface area contributed by atoms with E-state index in [1.165, 1.54) is 0 Å². The summed E-state index contributed by atoms with van der Waals surface area (Å²) in [5.41, 5.74) is 0. The number of carbonyl (C=O) groups is 4. The van der Waals surface area contributed by atoms with Gasteiger partial charge in [-0.1, -0.05) is 13.8 Å². The maximum Gasteiger partial charge on any atom is 0.335 e. The SMILES string of the molecule is CC(COC(CC(=O)[O-])C[N+](C)(C)C)CC(C)C(=O)ON1C(=O)CCC1=O.[CH3-].[Y]. The van der Waals surface area contributed by atoms with Crippen LogP contribution in [0.4, 0.5) is 0 Å². The summed E-state index contributed by atoms with van der Waals surface area (Å²) >= 11 is 0. The number of carboxylic acid groups (broad SMARTS) is 1. The van der Waals surface area contributed by atoms with Gasteiger partial charge in [0.05, 0.1) is 27.1 Å². The van der Waals surface area contributed by atoms with Gasteiger partial charge in [-0.15, -0.1) is 5.06 Å². The largest absolute Gasteiger partial charge is 0.550 e.